The maximum atomic E-state index is 12.3. The molecule has 156 valence electrons. The molecule has 1 atom stereocenters. The molecule has 0 unspecified atom stereocenters. The molecule has 0 spiro atoms. The van der Waals surface area contributed by atoms with Crippen LogP contribution in [0.3, 0.4) is 0 Å². The van der Waals surface area contributed by atoms with E-state index in [1.807, 2.05) is 37.2 Å². The van der Waals surface area contributed by atoms with Crippen LogP contribution in [0.4, 0.5) is 0 Å². The van der Waals surface area contributed by atoms with Gasteiger partial charge in [-0.05, 0) is 54.2 Å². The molecule has 30 heavy (non-hydrogen) atoms. The first kappa shape index (κ1) is 20.2. The number of hydrogen-bond acceptors (Lipinski definition) is 6. The maximum absolute atomic E-state index is 12.3. The molecule has 3 aromatic rings. The summed E-state index contributed by atoms with van der Waals surface area (Å²) in [6.45, 7) is 0.763. The maximum Gasteiger partial charge on any atom is 0.309 e. The summed E-state index contributed by atoms with van der Waals surface area (Å²) in [7, 11) is 3.92. The zero-order chi connectivity index (χ0) is 21.1. The number of nitrogens with zero attached hydrogens (tertiary/aromatic N) is 1. The Hall–Kier alpha value is -3.10. The van der Waals surface area contributed by atoms with E-state index in [1.54, 1.807) is 23.5 Å². The van der Waals surface area contributed by atoms with Gasteiger partial charge in [0, 0.05) is 17.8 Å². The van der Waals surface area contributed by atoms with Crippen molar-refractivity contribution in [3.63, 3.8) is 0 Å². The molecule has 2 heterocycles. The number of hydrogen-bond donors (Lipinski definition) is 2. The number of ether oxygens (including phenoxy) is 2. The molecule has 0 fully saturated rings. The van der Waals surface area contributed by atoms with Crippen LogP contribution >= 0.6 is 11.3 Å². The highest BCUT2D eigenvalue weighted by atomic mass is 32.1. The third kappa shape index (κ3) is 4.24. The first-order valence-corrected chi connectivity index (χ1v) is 10.5. The lowest BCUT2D eigenvalue weighted by Gasteiger charge is -2.24. The number of carbonyl (C=O) groups is 2. The standard InChI is InChI=1S/C22H23N3O4S/c1-25(2)17(16-12-30-20-6-4-3-5-15(16)20)11-24-22(27)21(26)23-10-14-7-8-18-19(9-14)29-13-28-18/h3-9,12,17H,10-11,13H2,1-2H3,(H,23,26)(H,24,27)/t17-/m1/s1. The van der Waals surface area contributed by atoms with E-state index >= 15 is 0 Å². The lowest BCUT2D eigenvalue weighted by Crippen LogP contribution is -2.42. The van der Waals surface area contributed by atoms with Crippen molar-refractivity contribution in [3.05, 3.63) is 59.0 Å². The Morgan fingerprint density at radius 1 is 1.07 bits per heavy atom. The Kier molecular flexibility index (Phi) is 5.87. The van der Waals surface area contributed by atoms with Crippen molar-refractivity contribution < 1.29 is 19.1 Å². The molecule has 1 aliphatic rings. The van der Waals surface area contributed by atoms with Crippen molar-refractivity contribution in [3.8, 4) is 11.5 Å². The average Bonchev–Trinajstić information content (AvgIpc) is 3.38. The molecular formula is C22H23N3O4S. The van der Waals surface area contributed by atoms with Gasteiger partial charge in [-0.1, -0.05) is 24.3 Å². The molecule has 8 heteroatoms. The molecule has 4 rings (SSSR count). The zero-order valence-electron chi connectivity index (χ0n) is 16.8. The van der Waals surface area contributed by atoms with Crippen LogP contribution in [0.1, 0.15) is 17.2 Å². The number of nitrogens with one attached hydrogen (secondary N) is 2. The van der Waals surface area contributed by atoms with E-state index in [2.05, 4.69) is 28.1 Å². The SMILES string of the molecule is CN(C)[C@H](CNC(=O)C(=O)NCc1ccc2c(c1)OCO2)c1csc2ccccc12. The molecule has 2 amide bonds. The van der Waals surface area contributed by atoms with Gasteiger partial charge in [0.05, 0.1) is 6.04 Å². The average molecular weight is 426 g/mol. The summed E-state index contributed by atoms with van der Waals surface area (Å²) in [6.07, 6.45) is 0. The van der Waals surface area contributed by atoms with Crippen LogP contribution < -0.4 is 20.1 Å². The molecule has 0 saturated carbocycles. The molecular weight excluding hydrogens is 402 g/mol. The lowest BCUT2D eigenvalue weighted by molar-refractivity contribution is -0.139. The topological polar surface area (TPSA) is 79.9 Å². The number of amides is 2. The van der Waals surface area contributed by atoms with Crippen molar-refractivity contribution in [1.29, 1.82) is 0 Å². The number of benzene rings is 2. The van der Waals surface area contributed by atoms with E-state index < -0.39 is 11.8 Å². The predicted octanol–water partition coefficient (Wildman–Crippen LogP) is 2.67. The van der Waals surface area contributed by atoms with Crippen LogP contribution in [-0.4, -0.2) is 44.1 Å². The summed E-state index contributed by atoms with van der Waals surface area (Å²) in [6, 6.07) is 13.6. The minimum atomic E-state index is -0.666. The number of fused-ring (bicyclic) bond motifs is 2. The third-order valence-electron chi connectivity index (χ3n) is 5.05. The van der Waals surface area contributed by atoms with E-state index in [1.165, 1.54) is 10.1 Å². The molecule has 7 nitrogen and oxygen atoms in total. The second kappa shape index (κ2) is 8.73. The van der Waals surface area contributed by atoms with E-state index in [0.29, 0.717) is 18.0 Å². The highest BCUT2D eigenvalue weighted by Crippen LogP contribution is 2.33. The fraction of sp³-hybridized carbons (Fsp3) is 0.273. The van der Waals surface area contributed by atoms with Crippen molar-refractivity contribution >= 4 is 33.2 Å². The van der Waals surface area contributed by atoms with Crippen LogP contribution in [0, 0.1) is 0 Å². The van der Waals surface area contributed by atoms with Crippen LogP contribution in [0.15, 0.2) is 47.8 Å². The van der Waals surface area contributed by atoms with Crippen LogP contribution in [0.2, 0.25) is 0 Å². The van der Waals surface area contributed by atoms with Crippen molar-refractivity contribution in [2.75, 3.05) is 27.4 Å². The van der Waals surface area contributed by atoms with Gasteiger partial charge in [-0.2, -0.15) is 0 Å². The highest BCUT2D eigenvalue weighted by molar-refractivity contribution is 7.17. The molecule has 0 bridgehead atoms. The first-order chi connectivity index (χ1) is 14.5. The molecule has 1 aromatic heterocycles. The summed E-state index contributed by atoms with van der Waals surface area (Å²) in [5, 5.41) is 8.69. The first-order valence-electron chi connectivity index (χ1n) is 9.60. The smallest absolute Gasteiger partial charge is 0.309 e. The highest BCUT2D eigenvalue weighted by Gasteiger charge is 2.21. The summed E-state index contributed by atoms with van der Waals surface area (Å²) in [5.41, 5.74) is 1.97. The normalized spacial score (nSPS) is 13.4. The molecule has 2 N–H and O–H groups in total. The number of likely N-dealkylation sites (N-methyl/N-ethyl adjacent to an activating group) is 1. The Balaban J connectivity index is 1.34. The van der Waals surface area contributed by atoms with Gasteiger partial charge in [0.25, 0.3) is 0 Å². The fourth-order valence-electron chi connectivity index (χ4n) is 3.41. The Bertz CT molecular complexity index is 1080. The van der Waals surface area contributed by atoms with Gasteiger partial charge in [-0.15, -0.1) is 11.3 Å². The van der Waals surface area contributed by atoms with Gasteiger partial charge in [-0.25, -0.2) is 0 Å². The van der Waals surface area contributed by atoms with Gasteiger partial charge in [0.1, 0.15) is 0 Å². The molecule has 0 aliphatic carbocycles. The largest absolute Gasteiger partial charge is 0.454 e. The van der Waals surface area contributed by atoms with Crippen LogP contribution in [0.5, 0.6) is 11.5 Å². The van der Waals surface area contributed by atoms with Crippen LogP contribution in [0.25, 0.3) is 10.1 Å². The van der Waals surface area contributed by atoms with E-state index in [4.69, 9.17) is 9.47 Å². The third-order valence-corrected chi connectivity index (χ3v) is 6.03. The van der Waals surface area contributed by atoms with Crippen molar-refractivity contribution in [2.24, 2.45) is 0 Å². The minimum absolute atomic E-state index is 0.0354. The predicted molar refractivity (Wildman–Crippen MR) is 116 cm³/mol. The van der Waals surface area contributed by atoms with Gasteiger partial charge >= 0.3 is 11.8 Å². The van der Waals surface area contributed by atoms with Crippen LogP contribution in [-0.2, 0) is 16.1 Å². The molecule has 0 saturated heterocycles. The van der Waals surface area contributed by atoms with E-state index in [0.717, 1.165) is 11.1 Å². The van der Waals surface area contributed by atoms with Crippen molar-refractivity contribution in [2.45, 2.75) is 12.6 Å². The Morgan fingerprint density at radius 3 is 2.67 bits per heavy atom. The second-order valence-electron chi connectivity index (χ2n) is 7.25. The lowest BCUT2D eigenvalue weighted by atomic mass is 10.0. The molecule has 2 aromatic carbocycles. The minimum Gasteiger partial charge on any atom is -0.454 e. The summed E-state index contributed by atoms with van der Waals surface area (Å²) >= 11 is 1.68. The van der Waals surface area contributed by atoms with Gasteiger partial charge in [0.15, 0.2) is 11.5 Å². The Labute approximate surface area is 178 Å². The van der Waals surface area contributed by atoms with Gasteiger partial charge < -0.3 is 25.0 Å². The fourth-order valence-corrected chi connectivity index (χ4v) is 4.42. The molecule has 1 aliphatic heterocycles. The number of carbonyl (C=O) groups excluding carboxylic acids is 2. The summed E-state index contributed by atoms with van der Waals surface area (Å²) < 4.78 is 11.8. The Morgan fingerprint density at radius 2 is 1.83 bits per heavy atom. The van der Waals surface area contributed by atoms with Gasteiger partial charge in [0.2, 0.25) is 6.79 Å². The zero-order valence-corrected chi connectivity index (χ0v) is 17.6. The van der Waals surface area contributed by atoms with E-state index in [9.17, 15) is 9.59 Å². The quantitative estimate of drug-likeness (QED) is 0.594. The van der Waals surface area contributed by atoms with Crippen molar-refractivity contribution in [1.82, 2.24) is 15.5 Å². The second-order valence-corrected chi connectivity index (χ2v) is 8.16. The van der Waals surface area contributed by atoms with E-state index in [-0.39, 0.29) is 19.4 Å². The van der Waals surface area contributed by atoms with Gasteiger partial charge in [-0.3, -0.25) is 9.59 Å². The number of thiophene rings is 1. The number of rotatable bonds is 6. The monoisotopic (exact) mass is 425 g/mol. The summed E-state index contributed by atoms with van der Waals surface area (Å²) in [5.74, 6) is 0.00370. The summed E-state index contributed by atoms with van der Waals surface area (Å²) in [4.78, 5) is 26.6. The molecule has 0 radical (unpaired) electrons.